The molecule has 1 rings (SSSR count). The van der Waals surface area contributed by atoms with Crippen molar-refractivity contribution in [2.45, 2.75) is 43.1 Å². The number of hydrogen-bond acceptors (Lipinski definition) is 8. The zero-order chi connectivity index (χ0) is 13.9. The molecule has 18 heavy (non-hydrogen) atoms. The van der Waals surface area contributed by atoms with E-state index < -0.39 is 43.1 Å². The van der Waals surface area contributed by atoms with Crippen LogP contribution in [0.15, 0.2) is 12.7 Å². The molecule has 0 radical (unpaired) electrons. The Morgan fingerprint density at radius 1 is 0.944 bits per heavy atom. The largest absolute Gasteiger partial charge is 0.387 e. The van der Waals surface area contributed by atoms with Crippen molar-refractivity contribution in [3.63, 3.8) is 0 Å². The monoisotopic (exact) mass is 266 g/mol. The Labute approximate surface area is 103 Å². The molecule has 0 unspecified atom stereocenters. The molecule has 6 atom stereocenters. The lowest BCUT2D eigenvalue weighted by atomic mass is 9.84. The summed E-state index contributed by atoms with van der Waals surface area (Å²) in [6, 6.07) is 0. The van der Waals surface area contributed by atoms with Crippen LogP contribution in [0.4, 0.5) is 0 Å². The van der Waals surface area contributed by atoms with Gasteiger partial charge in [0.1, 0.15) is 36.6 Å². The van der Waals surface area contributed by atoms with Gasteiger partial charge in [-0.3, -0.25) is 0 Å². The van der Waals surface area contributed by atoms with Crippen LogP contribution < -0.4 is 0 Å². The summed E-state index contributed by atoms with van der Waals surface area (Å²) in [6.07, 6.45) is -7.78. The van der Waals surface area contributed by atoms with Gasteiger partial charge in [-0.15, -0.1) is 6.58 Å². The van der Waals surface area contributed by atoms with Crippen molar-refractivity contribution in [2.24, 2.45) is 0 Å². The molecule has 8 nitrogen and oxygen atoms in total. The maximum absolute atomic E-state index is 9.71. The molecule has 1 saturated carbocycles. The molecule has 0 amide bonds. The third-order valence-corrected chi connectivity index (χ3v) is 2.73. The van der Waals surface area contributed by atoms with E-state index in [0.29, 0.717) is 0 Å². The third-order valence-electron chi connectivity index (χ3n) is 2.73. The quantitative estimate of drug-likeness (QED) is 0.224. The minimum atomic E-state index is -2.25. The minimum absolute atomic E-state index is 0.00632. The Morgan fingerprint density at radius 3 is 1.78 bits per heavy atom. The van der Waals surface area contributed by atoms with Crippen LogP contribution in [0.1, 0.15) is 0 Å². The van der Waals surface area contributed by atoms with E-state index in [2.05, 4.69) is 11.3 Å². The van der Waals surface area contributed by atoms with Crippen molar-refractivity contribution < 1.29 is 40.1 Å². The van der Waals surface area contributed by atoms with E-state index in [1.54, 1.807) is 0 Å². The molecule has 0 spiro atoms. The smallest absolute Gasteiger partial charge is 0.266 e. The second-order valence-corrected chi connectivity index (χ2v) is 3.98. The maximum atomic E-state index is 9.71. The lowest BCUT2D eigenvalue weighted by Crippen LogP contribution is -2.65. The van der Waals surface area contributed by atoms with E-state index in [9.17, 15) is 20.4 Å². The van der Waals surface area contributed by atoms with Crippen LogP contribution in [0.2, 0.25) is 0 Å². The molecule has 1 aliphatic rings. The molecule has 0 aliphatic heterocycles. The van der Waals surface area contributed by atoms with Crippen molar-refractivity contribution in [1.82, 2.24) is 0 Å². The van der Waals surface area contributed by atoms with Gasteiger partial charge in [0.15, 0.2) is 0 Å². The molecule has 1 aliphatic carbocycles. The van der Waals surface area contributed by atoms with Gasteiger partial charge in [0.05, 0.1) is 6.61 Å². The summed E-state index contributed by atoms with van der Waals surface area (Å²) in [4.78, 5) is 0. The van der Waals surface area contributed by atoms with Crippen molar-refractivity contribution >= 4 is 0 Å². The van der Waals surface area contributed by atoms with Crippen LogP contribution in [0.5, 0.6) is 0 Å². The first-order chi connectivity index (χ1) is 8.40. The lowest BCUT2D eigenvalue weighted by Gasteiger charge is -2.43. The zero-order valence-electron chi connectivity index (χ0n) is 9.53. The van der Waals surface area contributed by atoms with Crippen LogP contribution in [0.25, 0.3) is 0 Å². The molecule has 0 saturated heterocycles. The first-order valence-corrected chi connectivity index (χ1v) is 5.36. The highest BCUT2D eigenvalue weighted by atomic mass is 16.7. The van der Waals surface area contributed by atoms with E-state index in [4.69, 9.17) is 14.9 Å². The van der Waals surface area contributed by atoms with E-state index in [1.165, 1.54) is 6.08 Å². The fourth-order valence-electron chi connectivity index (χ4n) is 1.86. The van der Waals surface area contributed by atoms with Gasteiger partial charge in [0, 0.05) is 0 Å². The Morgan fingerprint density at radius 2 is 1.39 bits per heavy atom. The van der Waals surface area contributed by atoms with Gasteiger partial charge >= 0.3 is 0 Å². The third kappa shape index (κ3) is 3.25. The maximum Gasteiger partial charge on any atom is 0.266 e. The van der Waals surface area contributed by atoms with Crippen molar-refractivity contribution in [1.29, 1.82) is 0 Å². The summed E-state index contributed by atoms with van der Waals surface area (Å²) < 4.78 is 9.46. The van der Waals surface area contributed by atoms with Gasteiger partial charge in [0.25, 0.3) is 6.48 Å². The predicted molar refractivity (Wildman–Crippen MR) is 57.1 cm³/mol. The molecule has 0 heterocycles. The van der Waals surface area contributed by atoms with Gasteiger partial charge < -0.3 is 40.1 Å². The fourth-order valence-corrected chi connectivity index (χ4v) is 1.86. The highest BCUT2D eigenvalue weighted by molar-refractivity contribution is 5.00. The second-order valence-electron chi connectivity index (χ2n) is 3.98. The lowest BCUT2D eigenvalue weighted by molar-refractivity contribution is -0.318. The van der Waals surface area contributed by atoms with Gasteiger partial charge in [0.2, 0.25) is 0 Å². The van der Waals surface area contributed by atoms with E-state index in [1.807, 2.05) is 0 Å². The predicted octanol–water partition coefficient (Wildman–Crippen LogP) is -3.33. The van der Waals surface area contributed by atoms with E-state index in [0.717, 1.165) is 0 Å². The van der Waals surface area contributed by atoms with Crippen molar-refractivity contribution in [2.75, 3.05) is 6.61 Å². The molecular weight excluding hydrogens is 248 g/mol. The zero-order valence-corrected chi connectivity index (χ0v) is 9.53. The number of hydrogen-bond donors (Lipinski definition) is 6. The van der Waals surface area contributed by atoms with Gasteiger partial charge in [-0.25, -0.2) is 0 Å². The molecule has 6 N–H and O–H groups in total. The van der Waals surface area contributed by atoms with E-state index in [-0.39, 0.29) is 6.61 Å². The summed E-state index contributed by atoms with van der Waals surface area (Å²) in [6.45, 7) is 1.14. The minimum Gasteiger partial charge on any atom is -0.387 e. The summed E-state index contributed by atoms with van der Waals surface area (Å²) in [5, 5.41) is 56.0. The van der Waals surface area contributed by atoms with E-state index >= 15 is 0 Å². The Bertz CT molecular complexity index is 255. The van der Waals surface area contributed by atoms with Crippen LogP contribution in [-0.2, 0) is 9.47 Å². The topological polar surface area (TPSA) is 140 Å². The molecule has 0 aromatic rings. The van der Waals surface area contributed by atoms with Gasteiger partial charge in [-0.05, 0) is 0 Å². The number of aliphatic hydroxyl groups excluding tert-OH is 5. The average molecular weight is 266 g/mol. The second kappa shape index (κ2) is 6.55. The highest BCUT2D eigenvalue weighted by Gasteiger charge is 2.50. The normalized spacial score (nSPS) is 41.1. The van der Waals surface area contributed by atoms with Crippen molar-refractivity contribution in [3.05, 3.63) is 12.7 Å². The molecule has 0 bridgehead atoms. The van der Waals surface area contributed by atoms with Crippen LogP contribution in [-0.4, -0.2) is 80.3 Å². The summed E-state index contributed by atoms with van der Waals surface area (Å²) in [5.41, 5.74) is 0. The van der Waals surface area contributed by atoms with Crippen LogP contribution in [0.3, 0.4) is 0 Å². The number of aliphatic hydroxyl groups is 6. The SMILES string of the molecule is C=CCO[C@H]1[C@H](O)[C@H](O)[C@H](OC(O)O)[C@@H](O)[C@@H]1O. The molecule has 0 aromatic heterocycles. The highest BCUT2D eigenvalue weighted by Crippen LogP contribution is 2.26. The number of ether oxygens (including phenoxy) is 2. The molecular formula is C10H18O8. The fraction of sp³-hybridized carbons (Fsp3) is 0.800. The first-order valence-electron chi connectivity index (χ1n) is 5.36. The van der Waals surface area contributed by atoms with Crippen molar-refractivity contribution in [3.8, 4) is 0 Å². The number of rotatable bonds is 5. The van der Waals surface area contributed by atoms with Crippen LogP contribution in [0, 0.1) is 0 Å². The Hall–Kier alpha value is -0.580. The Kier molecular flexibility index (Phi) is 5.63. The Balaban J connectivity index is 2.77. The molecule has 106 valence electrons. The molecule has 0 aromatic carbocycles. The molecule has 1 fully saturated rings. The summed E-state index contributed by atoms with van der Waals surface area (Å²) >= 11 is 0. The summed E-state index contributed by atoms with van der Waals surface area (Å²) in [5.74, 6) is 0. The standard InChI is InChI=1S/C10H18O8/c1-2-3-17-8-4(11)6(13)9(18-10(15)16)7(14)5(8)12/h2,4-16H,1,3H2/t4-,5+,6-,7-,8+,9+/m0/s1. The van der Waals surface area contributed by atoms with Gasteiger partial charge in [-0.1, -0.05) is 6.08 Å². The van der Waals surface area contributed by atoms with Gasteiger partial charge in [-0.2, -0.15) is 0 Å². The average Bonchev–Trinajstić information content (AvgIpc) is 2.32. The van der Waals surface area contributed by atoms with Crippen LogP contribution >= 0.6 is 0 Å². The first kappa shape index (κ1) is 15.5. The summed E-state index contributed by atoms with van der Waals surface area (Å²) in [7, 11) is 0. The molecule has 8 heteroatoms.